The molecule has 6 aromatic heterocycles. The second-order valence-corrected chi connectivity index (χ2v) is 31.2. The van der Waals surface area contributed by atoms with Crippen LogP contribution in [0.1, 0.15) is 0 Å². The van der Waals surface area contributed by atoms with Gasteiger partial charge in [-0.05, 0) is 193 Å². The van der Waals surface area contributed by atoms with E-state index in [2.05, 4.69) is 407 Å². The smallest absolute Gasteiger partial charge is 0.0719 e. The first-order chi connectivity index (χ1) is 54.5. The largest absolute Gasteiger partial charge is 0.309 e. The molecule has 0 aliphatic heterocycles. The van der Waals surface area contributed by atoms with E-state index in [0.29, 0.717) is 0 Å². The van der Waals surface area contributed by atoms with Gasteiger partial charge in [0.25, 0.3) is 0 Å². The van der Waals surface area contributed by atoms with Gasteiger partial charge in [-0.3, -0.25) is 0 Å². The summed E-state index contributed by atoms with van der Waals surface area (Å²) in [4.78, 5) is 0. The molecular weight excluding hydrogens is 1370 g/mol. The molecule has 0 fully saturated rings. The van der Waals surface area contributed by atoms with Crippen molar-refractivity contribution in [1.82, 2.24) is 18.3 Å². The number of nitrogens with zero attached hydrogens (tertiary/aromatic N) is 4. The summed E-state index contributed by atoms with van der Waals surface area (Å²) >= 11 is 3.77. The molecular formula is C104H64N4S2. The van der Waals surface area contributed by atoms with E-state index < -0.39 is 0 Å². The van der Waals surface area contributed by atoms with Gasteiger partial charge in [-0.15, -0.1) is 22.7 Å². The lowest BCUT2D eigenvalue weighted by Gasteiger charge is -2.12. The second kappa shape index (κ2) is 24.9. The van der Waals surface area contributed by atoms with Gasteiger partial charge in [-0.25, -0.2) is 0 Å². The van der Waals surface area contributed by atoms with E-state index in [9.17, 15) is 0 Å². The molecule has 18 aromatic carbocycles. The Balaban J connectivity index is 0.000000132. The molecule has 0 amide bonds. The highest BCUT2D eigenvalue weighted by atomic mass is 32.1. The number of para-hydroxylation sites is 2. The Bertz CT molecular complexity index is 7910. The Labute approximate surface area is 640 Å². The number of aromatic nitrogens is 4. The van der Waals surface area contributed by atoms with Crippen LogP contribution in [0.2, 0.25) is 0 Å². The fraction of sp³-hybridized carbons (Fsp3) is 0. The molecule has 4 nitrogen and oxygen atoms in total. The van der Waals surface area contributed by atoms with Crippen molar-refractivity contribution >= 4 is 172 Å². The van der Waals surface area contributed by atoms with E-state index in [1.165, 1.54) is 216 Å². The van der Waals surface area contributed by atoms with Crippen molar-refractivity contribution in [3.05, 3.63) is 388 Å². The van der Waals surface area contributed by atoms with Crippen LogP contribution in [0, 0.1) is 0 Å². The van der Waals surface area contributed by atoms with Crippen LogP contribution in [0.25, 0.3) is 216 Å². The Kier molecular flexibility index (Phi) is 14.1. The molecule has 0 bridgehead atoms. The lowest BCUT2D eigenvalue weighted by atomic mass is 10.00. The minimum absolute atomic E-state index is 1.17. The molecule has 0 unspecified atom stereocenters. The maximum absolute atomic E-state index is 2.50. The average Bonchev–Trinajstić information content (AvgIpc) is 1.51. The average molecular weight is 1430 g/mol. The zero-order chi connectivity index (χ0) is 72.1. The van der Waals surface area contributed by atoms with E-state index in [1.807, 2.05) is 22.7 Å². The fourth-order valence-corrected chi connectivity index (χ4v) is 20.2. The molecule has 0 aliphatic rings. The van der Waals surface area contributed by atoms with Gasteiger partial charge in [0.2, 0.25) is 0 Å². The van der Waals surface area contributed by atoms with Gasteiger partial charge in [0.15, 0.2) is 0 Å². The normalized spacial score (nSPS) is 12.0. The second-order valence-electron chi connectivity index (χ2n) is 29.1. The SMILES string of the molecule is c1ccc(-c2cccc(-n3c4ccc(-c5ccc6c(c5)c5ccccc5n6-c5ccc6ccccc6c5)cc4c4ccc5c6ccccc6sc5c43)c2)cc1.c1ccc(-c2cccc(-n3c4ccc(-c5ccc6c(c5)c5ccccc5n6-c5ccc6ccccc6c5)cc4c4ccc5sc6ccccc6c5c43)c2)cc1. The summed E-state index contributed by atoms with van der Waals surface area (Å²) in [6.45, 7) is 0. The first-order valence-electron chi connectivity index (χ1n) is 37.7. The van der Waals surface area contributed by atoms with Gasteiger partial charge in [0.1, 0.15) is 0 Å². The Morgan fingerprint density at radius 1 is 0.164 bits per heavy atom. The van der Waals surface area contributed by atoms with Gasteiger partial charge < -0.3 is 18.3 Å². The predicted octanol–water partition coefficient (Wildman–Crippen LogP) is 29.5. The minimum atomic E-state index is 1.17. The highest BCUT2D eigenvalue weighted by molar-refractivity contribution is 7.27. The van der Waals surface area contributed by atoms with Crippen LogP contribution in [-0.2, 0) is 0 Å². The third-order valence-electron chi connectivity index (χ3n) is 23.0. The summed E-state index contributed by atoms with van der Waals surface area (Å²) < 4.78 is 15.1. The van der Waals surface area contributed by atoms with E-state index in [-0.39, 0.29) is 0 Å². The maximum atomic E-state index is 2.50. The van der Waals surface area contributed by atoms with Crippen LogP contribution < -0.4 is 0 Å². The molecule has 6 heterocycles. The quantitative estimate of drug-likeness (QED) is 0.144. The van der Waals surface area contributed by atoms with Gasteiger partial charge in [0.05, 0.1) is 48.8 Å². The van der Waals surface area contributed by atoms with Gasteiger partial charge in [0, 0.05) is 101 Å². The highest BCUT2D eigenvalue weighted by Gasteiger charge is 2.24. The van der Waals surface area contributed by atoms with Crippen LogP contribution in [-0.4, -0.2) is 18.3 Å². The Morgan fingerprint density at radius 2 is 0.527 bits per heavy atom. The molecule has 6 heteroatoms. The summed E-state index contributed by atoms with van der Waals surface area (Å²) in [5, 5.41) is 20.4. The third kappa shape index (κ3) is 9.83. The van der Waals surface area contributed by atoms with Gasteiger partial charge in [-0.2, -0.15) is 0 Å². The Hall–Kier alpha value is -13.9. The first-order valence-corrected chi connectivity index (χ1v) is 39.3. The van der Waals surface area contributed by atoms with Crippen molar-refractivity contribution in [3.63, 3.8) is 0 Å². The minimum Gasteiger partial charge on any atom is -0.309 e. The number of benzene rings is 18. The summed E-state index contributed by atoms with van der Waals surface area (Å²) in [5.41, 5.74) is 24.2. The van der Waals surface area contributed by atoms with Crippen molar-refractivity contribution < 1.29 is 0 Å². The van der Waals surface area contributed by atoms with Crippen molar-refractivity contribution in [2.24, 2.45) is 0 Å². The summed E-state index contributed by atoms with van der Waals surface area (Å²) in [7, 11) is 0. The van der Waals surface area contributed by atoms with E-state index >= 15 is 0 Å². The van der Waals surface area contributed by atoms with E-state index in [0.717, 1.165) is 0 Å². The van der Waals surface area contributed by atoms with E-state index in [4.69, 9.17) is 0 Å². The zero-order valence-electron chi connectivity index (χ0n) is 59.6. The van der Waals surface area contributed by atoms with Crippen LogP contribution >= 0.6 is 22.7 Å². The molecule has 0 aliphatic carbocycles. The molecule has 0 saturated heterocycles. The molecule has 0 saturated carbocycles. The Morgan fingerprint density at radius 3 is 1.05 bits per heavy atom. The molecule has 24 rings (SSSR count). The number of fused-ring (bicyclic) bond motifs is 22. The molecule has 24 aromatic rings. The standard InChI is InChI=1S/2C52H32N2S/c1-2-11-33(12-3-1)36-15-10-16-39(29-36)54-49-28-23-38(32-46(49)43-25-26-44-42-18-7-9-20-50(42)55-52(44)51(43)54)37-22-27-48-45(31-37)41-17-6-8-19-47(41)53(48)40-24-21-34-13-4-5-14-35(34)30-40;1-2-11-33(12-3-1)36-15-10-16-39(29-36)54-48-27-23-38(32-45(48)42-25-28-50-51(52(42)54)43-18-7-9-20-49(43)55-50)37-22-26-47-44(31-37)41-17-6-8-19-46(41)53(47)40-24-21-34-13-4-5-14-35(34)30-40/h2*1-32H. The lowest BCUT2D eigenvalue weighted by molar-refractivity contribution is 1.19. The summed E-state index contributed by atoms with van der Waals surface area (Å²) in [5.74, 6) is 0. The van der Waals surface area contributed by atoms with Gasteiger partial charge >= 0.3 is 0 Å². The van der Waals surface area contributed by atoms with Crippen molar-refractivity contribution in [2.45, 2.75) is 0 Å². The molecule has 110 heavy (non-hydrogen) atoms. The molecule has 0 spiro atoms. The van der Waals surface area contributed by atoms with Crippen LogP contribution in [0.15, 0.2) is 388 Å². The van der Waals surface area contributed by atoms with E-state index in [1.54, 1.807) is 0 Å². The highest BCUT2D eigenvalue weighted by Crippen LogP contribution is 2.48. The molecule has 0 radical (unpaired) electrons. The predicted molar refractivity (Wildman–Crippen MR) is 473 cm³/mol. The fourth-order valence-electron chi connectivity index (χ4n) is 17.9. The van der Waals surface area contributed by atoms with Gasteiger partial charge in [-0.1, -0.05) is 261 Å². The summed E-state index contributed by atoms with van der Waals surface area (Å²) in [6.07, 6.45) is 0. The third-order valence-corrected chi connectivity index (χ3v) is 25.3. The topological polar surface area (TPSA) is 19.7 Å². The number of thiophene rings is 2. The van der Waals surface area contributed by atoms with Crippen LogP contribution in [0.3, 0.4) is 0 Å². The molecule has 0 N–H and O–H groups in total. The van der Waals surface area contributed by atoms with Crippen molar-refractivity contribution in [1.29, 1.82) is 0 Å². The van der Waals surface area contributed by atoms with Crippen LogP contribution in [0.5, 0.6) is 0 Å². The number of hydrogen-bond donors (Lipinski definition) is 0. The monoisotopic (exact) mass is 1430 g/mol. The number of hydrogen-bond acceptors (Lipinski definition) is 2. The lowest BCUT2D eigenvalue weighted by Crippen LogP contribution is -1.95. The van der Waals surface area contributed by atoms with Crippen molar-refractivity contribution in [3.8, 4) is 67.3 Å². The van der Waals surface area contributed by atoms with Crippen LogP contribution in [0.4, 0.5) is 0 Å². The molecule has 0 atom stereocenters. The first kappa shape index (κ1) is 62.3. The van der Waals surface area contributed by atoms with Crippen molar-refractivity contribution in [2.75, 3.05) is 0 Å². The summed E-state index contributed by atoms with van der Waals surface area (Å²) in [6, 6.07) is 143. The zero-order valence-corrected chi connectivity index (χ0v) is 61.2. The molecule has 512 valence electrons. The maximum Gasteiger partial charge on any atom is 0.0719 e. The number of rotatable bonds is 8.